The Labute approximate surface area is 134 Å². The highest BCUT2D eigenvalue weighted by Crippen LogP contribution is 2.22. The first kappa shape index (κ1) is 15.6. The molecule has 0 unspecified atom stereocenters. The molecule has 21 heavy (non-hydrogen) atoms. The van der Waals surface area contributed by atoms with Crippen LogP contribution in [-0.2, 0) is 4.79 Å². The minimum atomic E-state index is -0.169. The topological polar surface area (TPSA) is 29.1 Å². The van der Waals surface area contributed by atoms with Crippen LogP contribution >= 0.6 is 23.2 Å². The number of rotatable bonds is 4. The van der Waals surface area contributed by atoms with E-state index in [1.54, 1.807) is 24.3 Å². The van der Waals surface area contributed by atoms with Gasteiger partial charge in [-0.05, 0) is 36.3 Å². The summed E-state index contributed by atoms with van der Waals surface area (Å²) in [7, 11) is 0. The molecule has 0 aliphatic rings. The number of amides is 1. The van der Waals surface area contributed by atoms with Gasteiger partial charge in [0.2, 0.25) is 5.91 Å². The van der Waals surface area contributed by atoms with Crippen molar-refractivity contribution in [2.45, 2.75) is 13.0 Å². The highest BCUT2D eigenvalue weighted by Gasteiger charge is 2.06. The van der Waals surface area contributed by atoms with Crippen LogP contribution in [0.25, 0.3) is 6.08 Å². The van der Waals surface area contributed by atoms with Crippen molar-refractivity contribution in [2.75, 3.05) is 0 Å². The summed E-state index contributed by atoms with van der Waals surface area (Å²) >= 11 is 11.9. The zero-order valence-corrected chi connectivity index (χ0v) is 13.0. The summed E-state index contributed by atoms with van der Waals surface area (Å²) in [4.78, 5) is 11.9. The number of hydrogen-bond donors (Lipinski definition) is 1. The van der Waals surface area contributed by atoms with Crippen LogP contribution in [0.15, 0.2) is 54.6 Å². The largest absolute Gasteiger partial charge is 0.346 e. The van der Waals surface area contributed by atoms with E-state index in [0.29, 0.717) is 10.0 Å². The zero-order chi connectivity index (χ0) is 15.2. The number of halogens is 2. The molecular formula is C17H15Cl2NO. The zero-order valence-electron chi connectivity index (χ0n) is 11.5. The minimum absolute atomic E-state index is 0.0518. The summed E-state index contributed by atoms with van der Waals surface area (Å²) in [6.07, 6.45) is 3.14. The summed E-state index contributed by atoms with van der Waals surface area (Å²) in [6.45, 7) is 1.94. The van der Waals surface area contributed by atoms with Gasteiger partial charge in [-0.2, -0.15) is 0 Å². The third-order valence-electron chi connectivity index (χ3n) is 3.04. The van der Waals surface area contributed by atoms with Crippen molar-refractivity contribution in [3.8, 4) is 0 Å². The second-order valence-electron chi connectivity index (χ2n) is 4.64. The molecule has 108 valence electrons. The van der Waals surface area contributed by atoms with Crippen molar-refractivity contribution in [1.29, 1.82) is 0 Å². The van der Waals surface area contributed by atoms with Crippen LogP contribution in [0.1, 0.15) is 24.1 Å². The summed E-state index contributed by atoms with van der Waals surface area (Å²) in [5, 5.41) is 3.99. The van der Waals surface area contributed by atoms with Gasteiger partial charge >= 0.3 is 0 Å². The third-order valence-corrected chi connectivity index (χ3v) is 3.60. The molecule has 0 heterocycles. The smallest absolute Gasteiger partial charge is 0.244 e. The van der Waals surface area contributed by atoms with E-state index in [4.69, 9.17) is 23.2 Å². The Morgan fingerprint density at radius 3 is 2.52 bits per heavy atom. The summed E-state index contributed by atoms with van der Waals surface area (Å²) in [5.41, 5.74) is 1.81. The maximum absolute atomic E-state index is 11.9. The Kier molecular flexibility index (Phi) is 5.43. The SMILES string of the molecule is C[C@H](NC(=O)/C=C/c1ccc(Cl)cc1Cl)c1ccccc1. The van der Waals surface area contributed by atoms with Crippen LogP contribution in [0.5, 0.6) is 0 Å². The Morgan fingerprint density at radius 2 is 1.86 bits per heavy atom. The van der Waals surface area contributed by atoms with Crippen LogP contribution in [-0.4, -0.2) is 5.91 Å². The maximum atomic E-state index is 11.9. The van der Waals surface area contributed by atoms with E-state index in [2.05, 4.69) is 5.32 Å². The van der Waals surface area contributed by atoms with Gasteiger partial charge in [0.1, 0.15) is 0 Å². The molecule has 0 aromatic heterocycles. The molecule has 0 saturated heterocycles. The Hall–Kier alpha value is -1.77. The predicted octanol–water partition coefficient (Wildman–Crippen LogP) is 4.88. The van der Waals surface area contributed by atoms with Crippen molar-refractivity contribution in [3.63, 3.8) is 0 Å². The molecule has 2 nitrogen and oxygen atoms in total. The molecule has 0 aliphatic heterocycles. The molecule has 0 saturated carbocycles. The number of carbonyl (C=O) groups is 1. The van der Waals surface area contributed by atoms with E-state index in [1.165, 1.54) is 6.08 Å². The average Bonchev–Trinajstić information content (AvgIpc) is 2.47. The second-order valence-corrected chi connectivity index (χ2v) is 5.48. The quantitative estimate of drug-likeness (QED) is 0.799. The van der Waals surface area contributed by atoms with Gasteiger partial charge in [0, 0.05) is 16.1 Å². The van der Waals surface area contributed by atoms with Crippen molar-refractivity contribution in [2.24, 2.45) is 0 Å². The molecule has 4 heteroatoms. The molecule has 0 fully saturated rings. The van der Waals surface area contributed by atoms with Gasteiger partial charge in [0.05, 0.1) is 6.04 Å². The van der Waals surface area contributed by atoms with Crippen LogP contribution < -0.4 is 5.32 Å². The monoisotopic (exact) mass is 319 g/mol. The van der Waals surface area contributed by atoms with Crippen LogP contribution in [0.3, 0.4) is 0 Å². The van der Waals surface area contributed by atoms with Gasteiger partial charge in [-0.3, -0.25) is 4.79 Å². The van der Waals surface area contributed by atoms with Gasteiger partial charge in [-0.15, -0.1) is 0 Å². The number of nitrogens with one attached hydrogen (secondary N) is 1. The molecule has 0 bridgehead atoms. The Bertz CT molecular complexity index is 653. The van der Waals surface area contributed by atoms with Crippen LogP contribution in [0.2, 0.25) is 10.0 Å². The lowest BCUT2D eigenvalue weighted by atomic mass is 10.1. The molecule has 0 radical (unpaired) electrons. The second kappa shape index (κ2) is 7.30. The molecule has 1 N–H and O–H groups in total. The Balaban J connectivity index is 2.00. The van der Waals surface area contributed by atoms with Crippen LogP contribution in [0, 0.1) is 0 Å². The fraction of sp³-hybridized carbons (Fsp3) is 0.118. The normalized spacial score (nSPS) is 12.3. The molecule has 1 amide bonds. The van der Waals surface area contributed by atoms with E-state index in [9.17, 15) is 4.79 Å². The lowest BCUT2D eigenvalue weighted by Gasteiger charge is -2.12. The molecule has 2 rings (SSSR count). The van der Waals surface area contributed by atoms with Crippen molar-refractivity contribution < 1.29 is 4.79 Å². The standard InChI is InChI=1S/C17H15Cl2NO/c1-12(13-5-3-2-4-6-13)20-17(21)10-8-14-7-9-15(18)11-16(14)19/h2-12H,1H3,(H,20,21)/b10-8+/t12-/m0/s1. The lowest BCUT2D eigenvalue weighted by Crippen LogP contribution is -2.24. The number of hydrogen-bond acceptors (Lipinski definition) is 1. The molecule has 2 aromatic carbocycles. The predicted molar refractivity (Wildman–Crippen MR) is 88.5 cm³/mol. The lowest BCUT2D eigenvalue weighted by molar-refractivity contribution is -0.117. The van der Waals surface area contributed by atoms with Crippen molar-refractivity contribution >= 4 is 35.2 Å². The fourth-order valence-electron chi connectivity index (χ4n) is 1.89. The van der Waals surface area contributed by atoms with E-state index >= 15 is 0 Å². The molecule has 2 aromatic rings. The van der Waals surface area contributed by atoms with Gasteiger partial charge in [-0.25, -0.2) is 0 Å². The number of benzene rings is 2. The van der Waals surface area contributed by atoms with Crippen molar-refractivity contribution in [1.82, 2.24) is 5.32 Å². The molecule has 0 spiro atoms. The summed E-state index contributed by atoms with van der Waals surface area (Å²) in [5.74, 6) is -0.169. The molecule has 0 aliphatic carbocycles. The first-order valence-electron chi connectivity index (χ1n) is 6.55. The van der Waals surface area contributed by atoms with E-state index in [0.717, 1.165) is 11.1 Å². The van der Waals surface area contributed by atoms with E-state index in [-0.39, 0.29) is 11.9 Å². The van der Waals surface area contributed by atoms with Gasteiger partial charge in [0.25, 0.3) is 0 Å². The fourth-order valence-corrected chi connectivity index (χ4v) is 2.36. The molecule has 1 atom stereocenters. The van der Waals surface area contributed by atoms with Gasteiger partial charge in [-0.1, -0.05) is 59.6 Å². The van der Waals surface area contributed by atoms with Crippen LogP contribution in [0.4, 0.5) is 0 Å². The third kappa shape index (κ3) is 4.62. The summed E-state index contributed by atoms with van der Waals surface area (Å²) < 4.78 is 0. The van der Waals surface area contributed by atoms with Gasteiger partial charge < -0.3 is 5.32 Å². The first-order valence-corrected chi connectivity index (χ1v) is 7.30. The van der Waals surface area contributed by atoms with E-state index in [1.807, 2.05) is 37.3 Å². The number of carbonyl (C=O) groups excluding carboxylic acids is 1. The molecular weight excluding hydrogens is 305 g/mol. The highest BCUT2D eigenvalue weighted by molar-refractivity contribution is 6.35. The first-order chi connectivity index (χ1) is 10.1. The minimum Gasteiger partial charge on any atom is -0.346 e. The summed E-state index contributed by atoms with van der Waals surface area (Å²) in [6, 6.07) is 14.9. The van der Waals surface area contributed by atoms with E-state index < -0.39 is 0 Å². The Morgan fingerprint density at radius 1 is 1.14 bits per heavy atom. The average molecular weight is 320 g/mol. The van der Waals surface area contributed by atoms with Crippen molar-refractivity contribution in [3.05, 3.63) is 75.8 Å². The van der Waals surface area contributed by atoms with Gasteiger partial charge in [0.15, 0.2) is 0 Å². The highest BCUT2D eigenvalue weighted by atomic mass is 35.5. The maximum Gasteiger partial charge on any atom is 0.244 e.